The zero-order valence-corrected chi connectivity index (χ0v) is 17.2. The number of hydrogen-bond donors (Lipinski definition) is 1. The minimum absolute atomic E-state index is 0.148. The highest BCUT2D eigenvalue weighted by Crippen LogP contribution is 2.28. The first-order chi connectivity index (χ1) is 14.0. The number of nitrogens with zero attached hydrogens (tertiary/aromatic N) is 3. The summed E-state index contributed by atoms with van der Waals surface area (Å²) < 4.78 is 13.0. The van der Waals surface area contributed by atoms with Crippen molar-refractivity contribution in [1.82, 2.24) is 15.0 Å². The van der Waals surface area contributed by atoms with Gasteiger partial charge in [0.05, 0.1) is 31.0 Å². The van der Waals surface area contributed by atoms with Gasteiger partial charge < -0.3 is 14.0 Å². The van der Waals surface area contributed by atoms with Crippen molar-refractivity contribution in [3.63, 3.8) is 0 Å². The molecule has 3 aromatic rings. The standard InChI is InChI=1S/C22H26N4O3/c1-15(2)14-29-20-10-9-17(11-21(20)28-4)12-23-25-22(27)13-26-16(3)24-18-7-5-6-8-19(18)26/h5-12,15H,13-14H2,1-4H3,(H,25,27)/b23-12-. The number of rotatable bonds is 8. The van der Waals surface area contributed by atoms with Crippen LogP contribution in [-0.2, 0) is 11.3 Å². The number of benzene rings is 2. The van der Waals surface area contributed by atoms with Gasteiger partial charge in [-0.05, 0) is 48.7 Å². The molecule has 0 radical (unpaired) electrons. The van der Waals surface area contributed by atoms with Gasteiger partial charge in [0.25, 0.3) is 5.91 Å². The van der Waals surface area contributed by atoms with Crippen LogP contribution in [0.15, 0.2) is 47.6 Å². The van der Waals surface area contributed by atoms with Crippen molar-refractivity contribution < 1.29 is 14.3 Å². The van der Waals surface area contributed by atoms with Gasteiger partial charge in [0.2, 0.25) is 0 Å². The van der Waals surface area contributed by atoms with E-state index in [1.165, 1.54) is 0 Å². The predicted molar refractivity (Wildman–Crippen MR) is 114 cm³/mol. The number of amides is 1. The summed E-state index contributed by atoms with van der Waals surface area (Å²) in [5.74, 6) is 2.29. The summed E-state index contributed by atoms with van der Waals surface area (Å²) in [7, 11) is 1.60. The van der Waals surface area contributed by atoms with Gasteiger partial charge in [-0.25, -0.2) is 10.4 Å². The van der Waals surface area contributed by atoms with Crippen molar-refractivity contribution in [2.75, 3.05) is 13.7 Å². The first kappa shape index (κ1) is 20.4. The summed E-state index contributed by atoms with van der Waals surface area (Å²) in [6.45, 7) is 6.82. The van der Waals surface area contributed by atoms with Gasteiger partial charge in [0.1, 0.15) is 12.4 Å². The van der Waals surface area contributed by atoms with Crippen LogP contribution in [0.1, 0.15) is 25.2 Å². The van der Waals surface area contributed by atoms with Gasteiger partial charge in [-0.1, -0.05) is 26.0 Å². The minimum atomic E-state index is -0.226. The third-order valence-electron chi connectivity index (χ3n) is 4.31. The molecule has 7 heteroatoms. The lowest BCUT2D eigenvalue weighted by Crippen LogP contribution is -2.23. The van der Waals surface area contributed by atoms with Crippen LogP contribution in [0.3, 0.4) is 0 Å². The topological polar surface area (TPSA) is 77.7 Å². The molecule has 0 aliphatic heterocycles. The highest BCUT2D eigenvalue weighted by Gasteiger charge is 2.10. The van der Waals surface area contributed by atoms with Gasteiger partial charge in [-0.2, -0.15) is 5.10 Å². The van der Waals surface area contributed by atoms with E-state index in [1.807, 2.05) is 54.0 Å². The largest absolute Gasteiger partial charge is 0.493 e. The van der Waals surface area contributed by atoms with E-state index in [0.717, 1.165) is 22.4 Å². The Morgan fingerprint density at radius 2 is 2.03 bits per heavy atom. The molecule has 2 aromatic carbocycles. The number of aromatic nitrogens is 2. The molecule has 1 amide bonds. The molecule has 0 unspecified atom stereocenters. The van der Waals surface area contributed by atoms with Crippen LogP contribution >= 0.6 is 0 Å². The Morgan fingerprint density at radius 1 is 1.24 bits per heavy atom. The molecule has 0 spiro atoms. The van der Waals surface area contributed by atoms with Gasteiger partial charge >= 0.3 is 0 Å². The highest BCUT2D eigenvalue weighted by atomic mass is 16.5. The number of carbonyl (C=O) groups is 1. The molecule has 3 rings (SSSR count). The number of imidazole rings is 1. The maximum Gasteiger partial charge on any atom is 0.260 e. The minimum Gasteiger partial charge on any atom is -0.493 e. The van der Waals surface area contributed by atoms with Gasteiger partial charge in [-0.3, -0.25) is 4.79 Å². The van der Waals surface area contributed by atoms with Crippen molar-refractivity contribution in [1.29, 1.82) is 0 Å². The second-order valence-corrected chi connectivity index (χ2v) is 7.14. The highest BCUT2D eigenvalue weighted by molar-refractivity contribution is 5.84. The van der Waals surface area contributed by atoms with E-state index < -0.39 is 0 Å². The van der Waals surface area contributed by atoms with Crippen molar-refractivity contribution in [3.05, 3.63) is 53.9 Å². The number of aryl methyl sites for hydroxylation is 1. The average molecular weight is 394 g/mol. The number of carbonyl (C=O) groups excluding carboxylic acids is 1. The molecular weight excluding hydrogens is 368 g/mol. The Kier molecular flexibility index (Phi) is 6.49. The summed E-state index contributed by atoms with van der Waals surface area (Å²) in [6.07, 6.45) is 1.57. The smallest absolute Gasteiger partial charge is 0.260 e. The van der Waals surface area contributed by atoms with E-state index in [4.69, 9.17) is 9.47 Å². The summed E-state index contributed by atoms with van der Waals surface area (Å²) in [4.78, 5) is 16.8. The van der Waals surface area contributed by atoms with E-state index in [-0.39, 0.29) is 12.5 Å². The second-order valence-electron chi connectivity index (χ2n) is 7.14. The molecule has 0 saturated heterocycles. The molecule has 152 valence electrons. The number of nitrogens with one attached hydrogen (secondary N) is 1. The Bertz CT molecular complexity index is 1020. The molecule has 29 heavy (non-hydrogen) atoms. The van der Waals surface area contributed by atoms with Crippen LogP contribution in [0.4, 0.5) is 0 Å². The average Bonchev–Trinajstić information content (AvgIpc) is 3.02. The first-order valence-electron chi connectivity index (χ1n) is 9.52. The molecule has 0 atom stereocenters. The summed E-state index contributed by atoms with van der Waals surface area (Å²) in [6, 6.07) is 13.2. The van der Waals surface area contributed by atoms with Gasteiger partial charge in [0.15, 0.2) is 11.5 Å². The Balaban J connectivity index is 1.63. The van der Waals surface area contributed by atoms with Crippen LogP contribution in [0.2, 0.25) is 0 Å². The molecule has 0 fully saturated rings. The SMILES string of the molecule is COc1cc(/C=N\NC(=O)Cn2c(C)nc3ccccc32)ccc1OCC(C)C. The Morgan fingerprint density at radius 3 is 2.79 bits per heavy atom. The molecule has 0 aliphatic rings. The Labute approximate surface area is 170 Å². The zero-order chi connectivity index (χ0) is 20.8. The van der Waals surface area contributed by atoms with Gasteiger partial charge in [0, 0.05) is 0 Å². The number of para-hydroxylation sites is 2. The fourth-order valence-corrected chi connectivity index (χ4v) is 2.89. The third kappa shape index (κ3) is 5.13. The molecule has 0 saturated carbocycles. The Hall–Kier alpha value is -3.35. The lowest BCUT2D eigenvalue weighted by atomic mass is 10.2. The predicted octanol–water partition coefficient (Wildman–Crippen LogP) is 3.54. The van der Waals surface area contributed by atoms with Crippen LogP contribution in [0, 0.1) is 12.8 Å². The van der Waals surface area contributed by atoms with Crippen LogP contribution < -0.4 is 14.9 Å². The molecule has 0 bridgehead atoms. The van der Waals surface area contributed by atoms with Crippen LogP contribution in [0.5, 0.6) is 11.5 Å². The van der Waals surface area contributed by atoms with E-state index >= 15 is 0 Å². The number of methoxy groups -OCH3 is 1. The number of ether oxygens (including phenoxy) is 2. The maximum absolute atomic E-state index is 12.3. The van der Waals surface area contributed by atoms with E-state index in [2.05, 4.69) is 29.4 Å². The molecule has 0 aliphatic carbocycles. The fourth-order valence-electron chi connectivity index (χ4n) is 2.89. The van der Waals surface area contributed by atoms with Crippen molar-refractivity contribution in [3.8, 4) is 11.5 Å². The molecular formula is C22H26N4O3. The lowest BCUT2D eigenvalue weighted by molar-refractivity contribution is -0.121. The molecule has 1 aromatic heterocycles. The van der Waals surface area contributed by atoms with Crippen LogP contribution in [0.25, 0.3) is 11.0 Å². The van der Waals surface area contributed by atoms with E-state index in [1.54, 1.807) is 13.3 Å². The monoisotopic (exact) mass is 394 g/mol. The number of hydrazone groups is 1. The maximum atomic E-state index is 12.3. The van der Waals surface area contributed by atoms with E-state index in [0.29, 0.717) is 24.0 Å². The normalized spacial score (nSPS) is 11.3. The fraction of sp³-hybridized carbons (Fsp3) is 0.318. The summed E-state index contributed by atoms with van der Waals surface area (Å²) in [5.41, 5.74) is 5.15. The zero-order valence-electron chi connectivity index (χ0n) is 17.2. The lowest BCUT2D eigenvalue weighted by Gasteiger charge is -2.12. The molecule has 1 heterocycles. The molecule has 7 nitrogen and oxygen atoms in total. The third-order valence-corrected chi connectivity index (χ3v) is 4.31. The van der Waals surface area contributed by atoms with Crippen molar-refractivity contribution in [2.24, 2.45) is 11.0 Å². The summed E-state index contributed by atoms with van der Waals surface area (Å²) in [5, 5.41) is 4.06. The van der Waals surface area contributed by atoms with Crippen molar-refractivity contribution >= 4 is 23.2 Å². The number of hydrogen-bond acceptors (Lipinski definition) is 5. The quantitative estimate of drug-likeness (QED) is 0.468. The van der Waals surface area contributed by atoms with Gasteiger partial charge in [-0.15, -0.1) is 0 Å². The van der Waals surface area contributed by atoms with Crippen molar-refractivity contribution in [2.45, 2.75) is 27.3 Å². The van der Waals surface area contributed by atoms with E-state index in [9.17, 15) is 4.79 Å². The second kappa shape index (κ2) is 9.23. The number of fused-ring (bicyclic) bond motifs is 1. The first-order valence-corrected chi connectivity index (χ1v) is 9.52. The molecule has 1 N–H and O–H groups in total. The van der Waals surface area contributed by atoms with Crippen LogP contribution in [-0.4, -0.2) is 35.4 Å². The summed E-state index contributed by atoms with van der Waals surface area (Å²) >= 11 is 0.